The van der Waals surface area contributed by atoms with Crippen LogP contribution >= 0.6 is 23.1 Å². The molecule has 0 saturated heterocycles. The van der Waals surface area contributed by atoms with Gasteiger partial charge in [0.1, 0.15) is 4.70 Å². The molecule has 0 bridgehead atoms. The first-order valence-electron chi connectivity index (χ1n) is 18.5. The average Bonchev–Trinajstić information content (AvgIpc) is 3.66. The second-order valence-electron chi connectivity index (χ2n) is 13.1. The van der Waals surface area contributed by atoms with Gasteiger partial charge >= 0.3 is 11.9 Å². The maximum atomic E-state index is 13.6. The van der Waals surface area contributed by atoms with E-state index in [1.54, 1.807) is 29.2 Å². The first-order valence-corrected chi connectivity index (χ1v) is 20.2. The first kappa shape index (κ1) is 37.7. The Hall–Kier alpha value is -3.50. The number of esters is 2. The van der Waals surface area contributed by atoms with Gasteiger partial charge in [-0.25, -0.2) is 0 Å². The number of fused-ring (bicyclic) bond motifs is 2. The van der Waals surface area contributed by atoms with E-state index in [0.29, 0.717) is 38.0 Å². The molecule has 1 aliphatic heterocycles. The molecule has 1 unspecified atom stereocenters. The molecular formula is C40H51N2O6S2+. The third-order valence-corrected chi connectivity index (χ3v) is 11.8. The number of ketones is 2. The number of Topliss-reactive ketones (excluding diaryl/α,β-unsaturated/α-hetero) is 2. The predicted octanol–water partition coefficient (Wildman–Crippen LogP) is 8.48. The summed E-state index contributed by atoms with van der Waals surface area (Å²) in [5, 5.41) is 0.905. The van der Waals surface area contributed by atoms with Crippen LogP contribution in [0.4, 0.5) is 5.69 Å². The summed E-state index contributed by atoms with van der Waals surface area (Å²) in [7, 11) is 0. The van der Waals surface area contributed by atoms with E-state index in [1.165, 1.54) is 4.90 Å². The van der Waals surface area contributed by atoms with Crippen LogP contribution < -0.4 is 9.47 Å². The number of unbranched alkanes of at least 4 members (excludes halogenated alkanes) is 6. The fourth-order valence-corrected chi connectivity index (χ4v) is 8.98. The van der Waals surface area contributed by atoms with Crippen LogP contribution in [0.25, 0.3) is 16.3 Å². The average molecular weight is 720 g/mol. The van der Waals surface area contributed by atoms with E-state index < -0.39 is 5.92 Å². The molecule has 0 amide bonds. The van der Waals surface area contributed by atoms with Crippen LogP contribution in [0.5, 0.6) is 0 Å². The highest BCUT2D eigenvalue weighted by Crippen LogP contribution is 2.47. The molecule has 50 heavy (non-hydrogen) atoms. The SMILES string of the molecule is CCCCOC(=O)CCCCCN1c2ccccc2SC1CC1C(=O)C(=Cc2sc3ccccc3[n+]2CCCCCC(=O)OCCCC)C1=O. The second kappa shape index (κ2) is 19.2. The summed E-state index contributed by atoms with van der Waals surface area (Å²) >= 11 is 3.33. The summed E-state index contributed by atoms with van der Waals surface area (Å²) in [6.07, 6.45) is 12.1. The van der Waals surface area contributed by atoms with Gasteiger partial charge in [0.05, 0.1) is 35.8 Å². The van der Waals surface area contributed by atoms with Gasteiger partial charge in [-0.15, -0.1) is 0 Å². The molecule has 2 heterocycles. The maximum absolute atomic E-state index is 13.6. The molecule has 5 rings (SSSR count). The molecule has 1 saturated carbocycles. The number of thioether (sulfide) groups is 1. The summed E-state index contributed by atoms with van der Waals surface area (Å²) in [5.41, 5.74) is 2.53. The Labute approximate surface area is 304 Å². The molecule has 3 aromatic rings. The number of carbonyl (C=O) groups is 4. The topological polar surface area (TPSA) is 93.9 Å². The van der Waals surface area contributed by atoms with E-state index in [4.69, 9.17) is 9.47 Å². The minimum atomic E-state index is -0.631. The molecule has 10 heteroatoms. The van der Waals surface area contributed by atoms with Crippen LogP contribution in [-0.4, -0.2) is 48.6 Å². The van der Waals surface area contributed by atoms with Crippen LogP contribution in [0.1, 0.15) is 102 Å². The zero-order valence-electron chi connectivity index (χ0n) is 29.5. The minimum Gasteiger partial charge on any atom is -0.466 e. The van der Waals surface area contributed by atoms with Crippen molar-refractivity contribution in [3.05, 3.63) is 59.1 Å². The summed E-state index contributed by atoms with van der Waals surface area (Å²) in [6, 6.07) is 16.4. The zero-order valence-corrected chi connectivity index (χ0v) is 31.2. The smallest absolute Gasteiger partial charge is 0.305 e. The van der Waals surface area contributed by atoms with Crippen molar-refractivity contribution in [3.8, 4) is 0 Å². The first-order chi connectivity index (χ1) is 24.4. The standard InChI is InChI=1S/C40H51N2O6S2/c1-3-5-25-47-37(43)21-9-7-15-23-41-31-17-11-13-19-33(31)49-35(41)27-29-39(45)30(40(29)46)28-36-42(32-18-12-14-20-34(32)50-36)24-16-8-10-22-38(44)48-26-6-4-2/h11-14,17-20,27,30,36H,3-10,15-16,21-26,28H2,1-2H3/q+1. The molecule has 1 aliphatic carbocycles. The van der Waals surface area contributed by atoms with E-state index in [-0.39, 0.29) is 28.9 Å². The lowest BCUT2D eigenvalue weighted by Gasteiger charge is -2.32. The molecule has 2 aromatic carbocycles. The summed E-state index contributed by atoms with van der Waals surface area (Å²) in [4.78, 5) is 54.6. The highest BCUT2D eigenvalue weighted by Gasteiger charge is 2.47. The van der Waals surface area contributed by atoms with Crippen molar-refractivity contribution < 1.29 is 33.2 Å². The highest BCUT2D eigenvalue weighted by molar-refractivity contribution is 8.00. The highest BCUT2D eigenvalue weighted by atomic mass is 32.2. The number of aromatic nitrogens is 1. The number of para-hydroxylation sites is 2. The van der Waals surface area contributed by atoms with Crippen LogP contribution in [0, 0.1) is 5.92 Å². The molecule has 1 fully saturated rings. The predicted molar refractivity (Wildman–Crippen MR) is 200 cm³/mol. The van der Waals surface area contributed by atoms with Gasteiger partial charge in [0, 0.05) is 42.8 Å². The lowest BCUT2D eigenvalue weighted by molar-refractivity contribution is -0.669. The van der Waals surface area contributed by atoms with E-state index in [2.05, 4.69) is 47.6 Å². The van der Waals surface area contributed by atoms with E-state index >= 15 is 0 Å². The number of aryl methyl sites for hydroxylation is 1. The van der Waals surface area contributed by atoms with E-state index in [1.807, 2.05) is 24.3 Å². The number of allylic oxidation sites excluding steroid dienone is 1. The van der Waals surface area contributed by atoms with E-state index in [0.717, 1.165) is 98.2 Å². The van der Waals surface area contributed by atoms with Crippen LogP contribution in [0.15, 0.2) is 59.0 Å². The second-order valence-corrected chi connectivity index (χ2v) is 15.4. The summed E-state index contributed by atoms with van der Waals surface area (Å²) in [6.45, 7) is 6.69. The molecule has 2 aliphatic rings. The number of thiazole rings is 1. The van der Waals surface area contributed by atoms with Crippen molar-refractivity contribution in [1.82, 2.24) is 0 Å². The van der Waals surface area contributed by atoms with Gasteiger partial charge in [-0.3, -0.25) is 19.2 Å². The van der Waals surface area contributed by atoms with Crippen LogP contribution in [0.2, 0.25) is 0 Å². The summed E-state index contributed by atoms with van der Waals surface area (Å²) < 4.78 is 13.9. The maximum Gasteiger partial charge on any atom is 0.305 e. The Morgan fingerprint density at radius 1 is 0.800 bits per heavy atom. The molecule has 8 nitrogen and oxygen atoms in total. The Kier molecular flexibility index (Phi) is 14.5. The van der Waals surface area contributed by atoms with E-state index in [9.17, 15) is 19.2 Å². The largest absolute Gasteiger partial charge is 0.466 e. The molecule has 1 aromatic heterocycles. The fraction of sp³-hybridized carbons (Fsp3) is 0.525. The quantitative estimate of drug-likeness (QED) is 0.0270. The minimum absolute atomic E-state index is 0.00375. The molecule has 0 spiro atoms. The normalized spacial score (nSPS) is 16.8. The van der Waals surface area contributed by atoms with Gasteiger partial charge < -0.3 is 14.4 Å². The van der Waals surface area contributed by atoms with Gasteiger partial charge in [-0.05, 0) is 63.1 Å². The number of anilines is 1. The summed E-state index contributed by atoms with van der Waals surface area (Å²) in [5.74, 6) is -1.03. The van der Waals surface area contributed by atoms with Gasteiger partial charge in [0.2, 0.25) is 5.52 Å². The van der Waals surface area contributed by atoms with Gasteiger partial charge in [-0.1, -0.05) is 80.5 Å². The van der Waals surface area contributed by atoms with Crippen molar-refractivity contribution in [2.45, 2.75) is 114 Å². The molecule has 0 radical (unpaired) electrons. The monoisotopic (exact) mass is 719 g/mol. The fourth-order valence-electron chi connectivity index (χ4n) is 6.46. The lowest BCUT2D eigenvalue weighted by Crippen LogP contribution is -2.45. The lowest BCUT2D eigenvalue weighted by atomic mass is 9.74. The van der Waals surface area contributed by atoms with Crippen LogP contribution in [-0.2, 0) is 35.2 Å². The number of hydrogen-bond donors (Lipinski definition) is 0. The molecular weight excluding hydrogens is 669 g/mol. The third-order valence-electron chi connectivity index (χ3n) is 9.36. The zero-order chi connectivity index (χ0) is 35.3. The van der Waals surface area contributed by atoms with Crippen molar-refractivity contribution in [3.63, 3.8) is 0 Å². The van der Waals surface area contributed by atoms with Crippen LogP contribution in [0.3, 0.4) is 0 Å². The van der Waals surface area contributed by atoms with Crippen molar-refractivity contribution >= 4 is 68.6 Å². The third kappa shape index (κ3) is 9.84. The molecule has 0 N–H and O–H groups in total. The van der Waals surface area contributed by atoms with Crippen molar-refractivity contribution in [2.75, 3.05) is 24.7 Å². The molecule has 268 valence electrons. The number of nitrogens with zero attached hydrogens (tertiary/aromatic N) is 2. The van der Waals surface area contributed by atoms with Crippen molar-refractivity contribution in [2.24, 2.45) is 5.92 Å². The van der Waals surface area contributed by atoms with Gasteiger partial charge in [0.15, 0.2) is 18.1 Å². The number of hydrogen-bond acceptors (Lipinski definition) is 9. The number of carbonyl (C=O) groups excluding carboxylic acids is 4. The Balaban J connectivity index is 1.17. The van der Waals surface area contributed by atoms with Gasteiger partial charge in [0.25, 0.3) is 5.01 Å². The Bertz CT molecular complexity index is 1650. The number of ether oxygens (including phenoxy) is 2. The Morgan fingerprint density at radius 3 is 2.14 bits per heavy atom. The number of benzene rings is 2. The van der Waals surface area contributed by atoms with Crippen molar-refractivity contribution in [1.29, 1.82) is 0 Å². The molecule has 1 atom stereocenters. The Morgan fingerprint density at radius 2 is 1.44 bits per heavy atom. The number of rotatable bonds is 21. The van der Waals surface area contributed by atoms with Gasteiger partial charge in [-0.2, -0.15) is 4.57 Å².